The molecule has 0 aliphatic rings. The van der Waals surface area contributed by atoms with Crippen LogP contribution in [0.1, 0.15) is 11.4 Å². The fourth-order valence-corrected chi connectivity index (χ4v) is 2.52. The van der Waals surface area contributed by atoms with Gasteiger partial charge in [0.2, 0.25) is 5.91 Å². The third-order valence-electron chi connectivity index (χ3n) is 3.59. The highest BCUT2D eigenvalue weighted by molar-refractivity contribution is 5.84. The molecule has 21 heavy (non-hydrogen) atoms. The number of amides is 1. The van der Waals surface area contributed by atoms with Crippen molar-refractivity contribution in [3.63, 3.8) is 0 Å². The zero-order valence-corrected chi connectivity index (χ0v) is 12.0. The lowest BCUT2D eigenvalue weighted by atomic mass is 10.2. The highest BCUT2D eigenvalue weighted by Crippen LogP contribution is 2.18. The van der Waals surface area contributed by atoms with Gasteiger partial charge in [-0.3, -0.25) is 4.79 Å². The molecule has 0 atom stereocenters. The van der Waals surface area contributed by atoms with E-state index in [-0.39, 0.29) is 5.91 Å². The van der Waals surface area contributed by atoms with E-state index in [1.807, 2.05) is 29.7 Å². The number of hydrogen-bond acceptors (Lipinski definition) is 2. The van der Waals surface area contributed by atoms with Crippen molar-refractivity contribution < 1.29 is 4.79 Å². The van der Waals surface area contributed by atoms with Crippen LogP contribution in [0.5, 0.6) is 0 Å². The van der Waals surface area contributed by atoms with E-state index in [0.717, 1.165) is 23.3 Å². The summed E-state index contributed by atoms with van der Waals surface area (Å²) in [6.07, 6.45) is 4.18. The van der Waals surface area contributed by atoms with Crippen molar-refractivity contribution in [1.82, 2.24) is 19.9 Å². The lowest BCUT2D eigenvalue weighted by molar-refractivity contribution is -0.121. The molecule has 0 spiro atoms. The van der Waals surface area contributed by atoms with Crippen LogP contribution in [-0.4, -0.2) is 27.0 Å². The lowest BCUT2D eigenvalue weighted by Crippen LogP contribution is -2.29. The van der Waals surface area contributed by atoms with Crippen LogP contribution in [0.25, 0.3) is 10.9 Å². The molecular formula is C16H18N4O. The van der Waals surface area contributed by atoms with Crippen LogP contribution in [0.2, 0.25) is 0 Å². The molecule has 0 unspecified atom stereocenters. The Morgan fingerprint density at radius 1 is 1.38 bits per heavy atom. The number of rotatable bonds is 5. The van der Waals surface area contributed by atoms with E-state index in [0.29, 0.717) is 13.1 Å². The molecule has 0 bridgehead atoms. The summed E-state index contributed by atoms with van der Waals surface area (Å²) in [6, 6.07) is 10.2. The van der Waals surface area contributed by atoms with Gasteiger partial charge in [0.05, 0.1) is 6.33 Å². The number of carbonyl (C=O) groups is 1. The van der Waals surface area contributed by atoms with Crippen molar-refractivity contribution in [3.05, 3.63) is 54.2 Å². The van der Waals surface area contributed by atoms with Crippen molar-refractivity contribution in [2.24, 2.45) is 0 Å². The smallest absolute Gasteiger partial charge is 0.239 e. The van der Waals surface area contributed by atoms with Crippen molar-refractivity contribution in [1.29, 1.82) is 0 Å². The van der Waals surface area contributed by atoms with Gasteiger partial charge in [0.15, 0.2) is 0 Å². The minimum Gasteiger partial charge on any atom is -0.354 e. The van der Waals surface area contributed by atoms with Crippen molar-refractivity contribution in [2.75, 3.05) is 6.54 Å². The number of aryl methyl sites for hydroxylation is 1. The van der Waals surface area contributed by atoms with Crippen LogP contribution < -0.4 is 5.32 Å². The first-order valence-electron chi connectivity index (χ1n) is 7.03. The summed E-state index contributed by atoms with van der Waals surface area (Å²) in [5.74, 6) is 0.0268. The number of benzene rings is 1. The predicted molar refractivity (Wildman–Crippen MR) is 82.0 cm³/mol. The third-order valence-corrected chi connectivity index (χ3v) is 3.59. The summed E-state index contributed by atoms with van der Waals surface area (Å²) in [5.41, 5.74) is 3.22. The van der Waals surface area contributed by atoms with Crippen LogP contribution in [-0.2, 0) is 17.8 Å². The molecular weight excluding hydrogens is 264 g/mol. The van der Waals surface area contributed by atoms with Gasteiger partial charge in [0.25, 0.3) is 0 Å². The largest absolute Gasteiger partial charge is 0.354 e. The van der Waals surface area contributed by atoms with Gasteiger partial charge in [-0.15, -0.1) is 0 Å². The number of nitrogens with one attached hydrogen (secondary N) is 2. The molecule has 0 radical (unpaired) electrons. The minimum absolute atomic E-state index is 0.0268. The number of imidazole rings is 1. The summed E-state index contributed by atoms with van der Waals surface area (Å²) < 4.78 is 2.04. The summed E-state index contributed by atoms with van der Waals surface area (Å²) in [7, 11) is 0. The van der Waals surface area contributed by atoms with Crippen LogP contribution in [0.4, 0.5) is 0 Å². The number of H-pyrrole nitrogens is 1. The molecule has 2 N–H and O–H groups in total. The molecule has 3 rings (SSSR count). The van der Waals surface area contributed by atoms with Gasteiger partial charge in [-0.2, -0.15) is 0 Å². The number of aromatic amines is 1. The Balaban J connectivity index is 1.62. The second kappa shape index (κ2) is 5.83. The third kappa shape index (κ3) is 2.97. The van der Waals surface area contributed by atoms with Crippen LogP contribution in [0.15, 0.2) is 42.9 Å². The zero-order chi connectivity index (χ0) is 14.7. The van der Waals surface area contributed by atoms with Gasteiger partial charge >= 0.3 is 0 Å². The predicted octanol–water partition coefficient (Wildman–Crippen LogP) is 2.03. The summed E-state index contributed by atoms with van der Waals surface area (Å²) >= 11 is 0. The van der Waals surface area contributed by atoms with Gasteiger partial charge in [-0.05, 0) is 24.4 Å². The Morgan fingerprint density at radius 3 is 3.05 bits per heavy atom. The standard InChI is InChI=1S/C16H18N4O/c1-12-8-13-4-2-3-5-15(13)20(12)10-16(21)18-7-6-14-9-17-11-19-14/h2-5,8-9,11H,6-7,10H2,1H3,(H,17,19)(H,18,21). The molecule has 2 aromatic heterocycles. The number of aromatic nitrogens is 3. The van der Waals surface area contributed by atoms with E-state index >= 15 is 0 Å². The molecule has 2 heterocycles. The molecule has 0 fully saturated rings. The molecule has 108 valence electrons. The van der Waals surface area contributed by atoms with Crippen LogP contribution in [0.3, 0.4) is 0 Å². The van der Waals surface area contributed by atoms with E-state index in [4.69, 9.17) is 0 Å². The van der Waals surface area contributed by atoms with Gasteiger partial charge < -0.3 is 14.9 Å². The molecule has 0 saturated heterocycles. The Bertz CT molecular complexity index is 743. The lowest BCUT2D eigenvalue weighted by Gasteiger charge is -2.09. The normalized spacial score (nSPS) is 10.9. The minimum atomic E-state index is 0.0268. The van der Waals surface area contributed by atoms with Gasteiger partial charge in [-0.1, -0.05) is 18.2 Å². The first kappa shape index (κ1) is 13.4. The number of hydrogen-bond donors (Lipinski definition) is 2. The number of para-hydroxylation sites is 1. The maximum atomic E-state index is 12.1. The monoisotopic (exact) mass is 282 g/mol. The Morgan fingerprint density at radius 2 is 2.24 bits per heavy atom. The highest BCUT2D eigenvalue weighted by Gasteiger charge is 2.09. The van der Waals surface area contributed by atoms with Crippen LogP contribution in [0, 0.1) is 6.92 Å². The fourth-order valence-electron chi connectivity index (χ4n) is 2.52. The van der Waals surface area contributed by atoms with Crippen LogP contribution >= 0.6 is 0 Å². The Kier molecular flexibility index (Phi) is 3.73. The van der Waals surface area contributed by atoms with Gasteiger partial charge in [-0.25, -0.2) is 4.98 Å². The second-order valence-electron chi connectivity index (χ2n) is 5.11. The van der Waals surface area contributed by atoms with E-state index in [2.05, 4.69) is 27.4 Å². The summed E-state index contributed by atoms with van der Waals surface area (Å²) in [6.45, 7) is 2.99. The average molecular weight is 282 g/mol. The summed E-state index contributed by atoms with van der Waals surface area (Å²) in [4.78, 5) is 19.1. The van der Waals surface area contributed by atoms with Crippen molar-refractivity contribution in [2.45, 2.75) is 19.9 Å². The van der Waals surface area contributed by atoms with E-state index in [9.17, 15) is 4.79 Å². The maximum absolute atomic E-state index is 12.1. The number of fused-ring (bicyclic) bond motifs is 1. The average Bonchev–Trinajstić information content (AvgIpc) is 3.08. The molecule has 0 aliphatic carbocycles. The van der Waals surface area contributed by atoms with Gasteiger partial charge in [0.1, 0.15) is 6.54 Å². The Labute approximate surface area is 123 Å². The molecule has 5 heteroatoms. The summed E-state index contributed by atoms with van der Waals surface area (Å²) in [5, 5.41) is 4.11. The highest BCUT2D eigenvalue weighted by atomic mass is 16.1. The first-order chi connectivity index (χ1) is 10.2. The number of carbonyl (C=O) groups excluding carboxylic acids is 1. The van der Waals surface area contributed by atoms with E-state index < -0.39 is 0 Å². The SMILES string of the molecule is Cc1cc2ccccc2n1CC(=O)NCCc1cnc[nH]1. The topological polar surface area (TPSA) is 62.7 Å². The van der Waals surface area contributed by atoms with E-state index in [1.54, 1.807) is 12.5 Å². The maximum Gasteiger partial charge on any atom is 0.239 e. The quantitative estimate of drug-likeness (QED) is 0.752. The molecule has 5 nitrogen and oxygen atoms in total. The molecule has 0 aliphatic heterocycles. The second-order valence-corrected chi connectivity index (χ2v) is 5.11. The molecule has 0 saturated carbocycles. The molecule has 1 aromatic carbocycles. The zero-order valence-electron chi connectivity index (χ0n) is 12.0. The first-order valence-corrected chi connectivity index (χ1v) is 7.03. The van der Waals surface area contributed by atoms with Crippen molar-refractivity contribution >= 4 is 16.8 Å². The fraction of sp³-hybridized carbons (Fsp3) is 0.250. The van der Waals surface area contributed by atoms with Crippen molar-refractivity contribution in [3.8, 4) is 0 Å². The van der Waals surface area contributed by atoms with E-state index in [1.165, 1.54) is 5.39 Å². The molecule has 1 amide bonds. The van der Waals surface area contributed by atoms with Gasteiger partial charge in [0, 0.05) is 36.1 Å². The Hall–Kier alpha value is -2.56. The molecule has 3 aromatic rings. The number of nitrogens with zero attached hydrogens (tertiary/aromatic N) is 2.